The van der Waals surface area contributed by atoms with Crippen molar-refractivity contribution in [3.63, 3.8) is 0 Å². The molecule has 1 aliphatic carbocycles. The SMILES string of the molecule is COc1ccc(NC(=O)CCl)cc1OC1CCCCC1. The van der Waals surface area contributed by atoms with E-state index in [2.05, 4.69) is 5.32 Å². The van der Waals surface area contributed by atoms with Crippen LogP contribution in [0.4, 0.5) is 5.69 Å². The Labute approximate surface area is 124 Å². The van der Waals surface area contributed by atoms with Gasteiger partial charge in [0.15, 0.2) is 11.5 Å². The van der Waals surface area contributed by atoms with Gasteiger partial charge in [0.2, 0.25) is 5.91 Å². The third kappa shape index (κ3) is 4.04. The Kier molecular flexibility index (Phi) is 5.53. The summed E-state index contributed by atoms with van der Waals surface area (Å²) in [5.74, 6) is 1.05. The molecular formula is C15H20ClNO3. The summed E-state index contributed by atoms with van der Waals surface area (Å²) < 4.78 is 11.3. The van der Waals surface area contributed by atoms with Gasteiger partial charge in [-0.15, -0.1) is 11.6 Å². The van der Waals surface area contributed by atoms with Crippen LogP contribution in [0.2, 0.25) is 0 Å². The molecule has 0 saturated heterocycles. The average molecular weight is 298 g/mol. The zero-order valence-corrected chi connectivity index (χ0v) is 12.4. The van der Waals surface area contributed by atoms with Crippen molar-refractivity contribution in [2.75, 3.05) is 18.3 Å². The number of halogens is 1. The van der Waals surface area contributed by atoms with Gasteiger partial charge in [-0.2, -0.15) is 0 Å². The summed E-state index contributed by atoms with van der Waals surface area (Å²) in [5, 5.41) is 2.71. The van der Waals surface area contributed by atoms with Crippen molar-refractivity contribution in [1.82, 2.24) is 0 Å². The summed E-state index contributed by atoms with van der Waals surface area (Å²) in [5.41, 5.74) is 0.669. The average Bonchev–Trinajstić information content (AvgIpc) is 2.48. The van der Waals surface area contributed by atoms with Crippen molar-refractivity contribution in [2.24, 2.45) is 0 Å². The number of nitrogens with one attached hydrogen (secondary N) is 1. The van der Waals surface area contributed by atoms with Crippen LogP contribution in [0.25, 0.3) is 0 Å². The first-order valence-corrected chi connectivity index (χ1v) is 7.47. The molecule has 0 radical (unpaired) electrons. The summed E-state index contributed by atoms with van der Waals surface area (Å²) >= 11 is 5.49. The number of carbonyl (C=O) groups is 1. The van der Waals surface area contributed by atoms with Crippen LogP contribution < -0.4 is 14.8 Å². The molecule has 4 nitrogen and oxygen atoms in total. The lowest BCUT2D eigenvalue weighted by molar-refractivity contribution is -0.113. The van der Waals surface area contributed by atoms with Gasteiger partial charge in [0, 0.05) is 11.8 Å². The third-order valence-electron chi connectivity index (χ3n) is 3.41. The van der Waals surface area contributed by atoms with E-state index in [-0.39, 0.29) is 17.9 Å². The molecule has 0 heterocycles. The highest BCUT2D eigenvalue weighted by Gasteiger charge is 2.17. The molecule has 0 aliphatic heterocycles. The van der Waals surface area contributed by atoms with Gasteiger partial charge in [0.1, 0.15) is 5.88 Å². The number of hydrogen-bond donors (Lipinski definition) is 1. The number of benzene rings is 1. The molecule has 1 amide bonds. The number of carbonyl (C=O) groups excluding carboxylic acids is 1. The topological polar surface area (TPSA) is 47.6 Å². The van der Waals surface area contributed by atoms with E-state index < -0.39 is 0 Å². The number of amides is 1. The lowest BCUT2D eigenvalue weighted by atomic mass is 9.98. The van der Waals surface area contributed by atoms with E-state index in [9.17, 15) is 4.79 Å². The van der Waals surface area contributed by atoms with Gasteiger partial charge in [-0.1, -0.05) is 6.42 Å². The summed E-state index contributed by atoms with van der Waals surface area (Å²) in [6.07, 6.45) is 6.06. The lowest BCUT2D eigenvalue weighted by Gasteiger charge is -2.24. The van der Waals surface area contributed by atoms with Crippen molar-refractivity contribution < 1.29 is 14.3 Å². The molecule has 2 rings (SSSR count). The maximum Gasteiger partial charge on any atom is 0.239 e. The van der Waals surface area contributed by atoms with E-state index in [0.717, 1.165) is 12.8 Å². The first-order chi connectivity index (χ1) is 9.72. The minimum Gasteiger partial charge on any atom is -0.493 e. The Morgan fingerprint density at radius 3 is 2.70 bits per heavy atom. The normalized spacial score (nSPS) is 15.7. The molecule has 0 spiro atoms. The molecule has 1 N–H and O–H groups in total. The van der Waals surface area contributed by atoms with Gasteiger partial charge in [0.25, 0.3) is 0 Å². The standard InChI is InChI=1S/C15H20ClNO3/c1-19-13-8-7-11(17-15(18)10-16)9-14(13)20-12-5-3-2-4-6-12/h7-9,12H,2-6,10H2,1H3,(H,17,18). The molecule has 1 aliphatic rings. The first kappa shape index (κ1) is 15.0. The number of alkyl halides is 1. The minimum absolute atomic E-state index is 0.0646. The minimum atomic E-state index is -0.236. The molecule has 0 aromatic heterocycles. The molecule has 1 aromatic carbocycles. The molecule has 0 atom stereocenters. The van der Waals surface area contributed by atoms with Crippen LogP contribution in [0.1, 0.15) is 32.1 Å². The number of rotatable bonds is 5. The van der Waals surface area contributed by atoms with Crippen LogP contribution in [-0.2, 0) is 4.79 Å². The van der Waals surface area contributed by atoms with Crippen LogP contribution in [0.15, 0.2) is 18.2 Å². The van der Waals surface area contributed by atoms with Crippen molar-refractivity contribution >= 4 is 23.2 Å². The quantitative estimate of drug-likeness (QED) is 0.845. The molecule has 20 heavy (non-hydrogen) atoms. The van der Waals surface area contributed by atoms with E-state index in [1.807, 2.05) is 0 Å². The lowest BCUT2D eigenvalue weighted by Crippen LogP contribution is -2.20. The Bertz CT molecular complexity index is 458. The second-order valence-electron chi connectivity index (χ2n) is 4.93. The fourth-order valence-corrected chi connectivity index (χ4v) is 2.47. The van der Waals surface area contributed by atoms with Gasteiger partial charge in [0.05, 0.1) is 13.2 Å². The first-order valence-electron chi connectivity index (χ1n) is 6.93. The largest absolute Gasteiger partial charge is 0.493 e. The molecule has 0 unspecified atom stereocenters. The predicted octanol–water partition coefficient (Wildman–Crippen LogP) is 3.58. The van der Waals surface area contributed by atoms with E-state index in [1.54, 1.807) is 25.3 Å². The Morgan fingerprint density at radius 2 is 2.05 bits per heavy atom. The van der Waals surface area contributed by atoms with Crippen molar-refractivity contribution in [2.45, 2.75) is 38.2 Å². The molecule has 5 heteroatoms. The number of ether oxygens (including phenoxy) is 2. The van der Waals surface area contributed by atoms with Crippen molar-refractivity contribution in [1.29, 1.82) is 0 Å². The van der Waals surface area contributed by atoms with Gasteiger partial charge < -0.3 is 14.8 Å². The van der Waals surface area contributed by atoms with Crippen LogP contribution in [0.3, 0.4) is 0 Å². The maximum absolute atomic E-state index is 11.3. The summed E-state index contributed by atoms with van der Waals surface area (Å²) in [6, 6.07) is 5.36. The zero-order valence-electron chi connectivity index (χ0n) is 11.7. The molecule has 1 saturated carbocycles. The van der Waals surface area contributed by atoms with Crippen molar-refractivity contribution in [3.05, 3.63) is 18.2 Å². The highest BCUT2D eigenvalue weighted by Crippen LogP contribution is 2.33. The molecule has 1 fully saturated rings. The number of methoxy groups -OCH3 is 1. The fraction of sp³-hybridized carbons (Fsp3) is 0.533. The highest BCUT2D eigenvalue weighted by atomic mass is 35.5. The zero-order chi connectivity index (χ0) is 14.4. The van der Waals surface area contributed by atoms with E-state index >= 15 is 0 Å². The molecular weight excluding hydrogens is 278 g/mol. The van der Waals surface area contributed by atoms with Gasteiger partial charge in [-0.3, -0.25) is 4.79 Å². The van der Waals surface area contributed by atoms with Crippen molar-refractivity contribution in [3.8, 4) is 11.5 Å². The number of anilines is 1. The van der Waals surface area contributed by atoms with Gasteiger partial charge in [-0.05, 0) is 37.8 Å². The van der Waals surface area contributed by atoms with Gasteiger partial charge >= 0.3 is 0 Å². The smallest absolute Gasteiger partial charge is 0.239 e. The predicted molar refractivity (Wildman–Crippen MR) is 79.8 cm³/mol. The Hall–Kier alpha value is -1.42. The van der Waals surface area contributed by atoms with Crippen LogP contribution in [0, 0.1) is 0 Å². The summed E-state index contributed by atoms with van der Waals surface area (Å²) in [7, 11) is 1.61. The fourth-order valence-electron chi connectivity index (χ4n) is 2.40. The van der Waals surface area contributed by atoms with E-state index in [0.29, 0.717) is 17.2 Å². The summed E-state index contributed by atoms with van der Waals surface area (Å²) in [6.45, 7) is 0. The van der Waals surface area contributed by atoms with E-state index in [1.165, 1.54) is 19.3 Å². The Balaban J connectivity index is 2.11. The summed E-state index contributed by atoms with van der Waals surface area (Å²) in [4.78, 5) is 11.3. The van der Waals surface area contributed by atoms with Crippen LogP contribution in [0.5, 0.6) is 11.5 Å². The molecule has 1 aromatic rings. The highest BCUT2D eigenvalue weighted by molar-refractivity contribution is 6.29. The molecule has 0 bridgehead atoms. The van der Waals surface area contributed by atoms with Crippen LogP contribution >= 0.6 is 11.6 Å². The second-order valence-corrected chi connectivity index (χ2v) is 5.19. The maximum atomic E-state index is 11.3. The van der Waals surface area contributed by atoms with Crippen LogP contribution in [-0.4, -0.2) is 25.0 Å². The molecule has 110 valence electrons. The number of hydrogen-bond acceptors (Lipinski definition) is 3. The Morgan fingerprint density at radius 1 is 1.30 bits per heavy atom. The van der Waals surface area contributed by atoms with E-state index in [4.69, 9.17) is 21.1 Å². The third-order valence-corrected chi connectivity index (χ3v) is 3.66. The monoisotopic (exact) mass is 297 g/mol. The second kappa shape index (κ2) is 7.39. The van der Waals surface area contributed by atoms with Gasteiger partial charge in [-0.25, -0.2) is 0 Å².